The van der Waals surface area contributed by atoms with Crippen molar-refractivity contribution in [1.29, 1.82) is 0 Å². The molecule has 0 atom stereocenters. The zero-order valence-electron chi connectivity index (χ0n) is 16.6. The summed E-state index contributed by atoms with van der Waals surface area (Å²) in [5.74, 6) is 1.92. The van der Waals surface area contributed by atoms with E-state index < -0.39 is 0 Å². The van der Waals surface area contributed by atoms with Crippen molar-refractivity contribution in [2.75, 3.05) is 46.4 Å². The Morgan fingerprint density at radius 1 is 1.19 bits per heavy atom. The average Bonchev–Trinajstić information content (AvgIpc) is 2.70. The SMILES string of the molecule is CN=C(NCCC1=CCOCC1)NC1CCN(CC2CCCCC2)CC1. The number of piperidine rings is 1. The summed E-state index contributed by atoms with van der Waals surface area (Å²) in [4.78, 5) is 7.11. The molecule has 0 aromatic carbocycles. The molecule has 2 N–H and O–H groups in total. The Hall–Kier alpha value is -1.07. The number of guanidine groups is 1. The van der Waals surface area contributed by atoms with Gasteiger partial charge in [-0.2, -0.15) is 0 Å². The number of nitrogens with one attached hydrogen (secondary N) is 2. The summed E-state index contributed by atoms with van der Waals surface area (Å²) in [5, 5.41) is 7.12. The van der Waals surface area contributed by atoms with E-state index in [1.165, 1.54) is 70.2 Å². The predicted molar refractivity (Wildman–Crippen MR) is 109 cm³/mol. The van der Waals surface area contributed by atoms with E-state index in [1.807, 2.05) is 7.05 Å². The Kier molecular flexibility index (Phi) is 8.27. The van der Waals surface area contributed by atoms with Crippen molar-refractivity contribution in [2.45, 2.75) is 63.8 Å². The Bertz CT molecular complexity index is 463. The summed E-state index contributed by atoms with van der Waals surface area (Å²) >= 11 is 0. The molecule has 0 amide bonds. The molecule has 5 nitrogen and oxygen atoms in total. The third-order valence-corrected chi connectivity index (χ3v) is 6.19. The standard InChI is InChI=1S/C21H38N4O/c1-22-21(23-12-7-18-10-15-26-16-11-18)24-20-8-13-25(14-9-20)17-19-5-3-2-4-6-19/h10,19-20H,2-9,11-17H2,1H3,(H2,22,23,24). The maximum Gasteiger partial charge on any atom is 0.191 e. The maximum atomic E-state index is 5.37. The number of rotatable bonds is 6. The van der Waals surface area contributed by atoms with Crippen LogP contribution in [0.25, 0.3) is 0 Å². The second-order valence-corrected chi connectivity index (χ2v) is 8.16. The molecule has 2 heterocycles. The number of hydrogen-bond acceptors (Lipinski definition) is 3. The lowest BCUT2D eigenvalue weighted by Gasteiger charge is -2.36. The van der Waals surface area contributed by atoms with Crippen molar-refractivity contribution in [3.05, 3.63) is 11.6 Å². The van der Waals surface area contributed by atoms with Crippen LogP contribution in [0.5, 0.6) is 0 Å². The molecule has 1 aliphatic carbocycles. The van der Waals surface area contributed by atoms with Gasteiger partial charge in [-0.3, -0.25) is 4.99 Å². The van der Waals surface area contributed by atoms with Crippen LogP contribution in [0.15, 0.2) is 16.6 Å². The van der Waals surface area contributed by atoms with Gasteiger partial charge in [0.05, 0.1) is 13.2 Å². The van der Waals surface area contributed by atoms with Crippen molar-refractivity contribution in [2.24, 2.45) is 10.9 Å². The van der Waals surface area contributed by atoms with Crippen molar-refractivity contribution >= 4 is 5.96 Å². The second kappa shape index (κ2) is 10.9. The van der Waals surface area contributed by atoms with E-state index in [0.717, 1.165) is 44.5 Å². The van der Waals surface area contributed by atoms with Gasteiger partial charge in [-0.1, -0.05) is 30.9 Å². The van der Waals surface area contributed by atoms with Crippen LogP contribution in [-0.4, -0.2) is 63.3 Å². The quantitative estimate of drug-likeness (QED) is 0.433. The zero-order chi connectivity index (χ0) is 18.0. The van der Waals surface area contributed by atoms with E-state index in [-0.39, 0.29) is 0 Å². The first kappa shape index (κ1) is 19.7. The van der Waals surface area contributed by atoms with Gasteiger partial charge in [0.1, 0.15) is 0 Å². The third-order valence-electron chi connectivity index (χ3n) is 6.19. The minimum absolute atomic E-state index is 0.561. The highest BCUT2D eigenvalue weighted by atomic mass is 16.5. The summed E-state index contributed by atoms with van der Waals surface area (Å²) in [6.45, 7) is 6.40. The highest BCUT2D eigenvalue weighted by molar-refractivity contribution is 5.79. The number of aliphatic imine (C=N–C) groups is 1. The maximum absolute atomic E-state index is 5.37. The van der Waals surface area contributed by atoms with Gasteiger partial charge in [0.25, 0.3) is 0 Å². The molecule has 0 unspecified atom stereocenters. The number of nitrogens with zero attached hydrogens (tertiary/aromatic N) is 2. The second-order valence-electron chi connectivity index (χ2n) is 8.16. The molecule has 0 radical (unpaired) electrons. The van der Waals surface area contributed by atoms with Crippen molar-refractivity contribution in [3.8, 4) is 0 Å². The van der Waals surface area contributed by atoms with Crippen molar-refractivity contribution in [1.82, 2.24) is 15.5 Å². The molecule has 148 valence electrons. The van der Waals surface area contributed by atoms with E-state index >= 15 is 0 Å². The molecule has 0 bridgehead atoms. The fourth-order valence-electron chi connectivity index (χ4n) is 4.52. The molecule has 0 spiro atoms. The minimum Gasteiger partial charge on any atom is -0.377 e. The van der Waals surface area contributed by atoms with Gasteiger partial charge in [-0.25, -0.2) is 0 Å². The normalized spacial score (nSPS) is 24.3. The van der Waals surface area contributed by atoms with E-state index in [4.69, 9.17) is 4.74 Å². The largest absolute Gasteiger partial charge is 0.377 e. The fourth-order valence-corrected chi connectivity index (χ4v) is 4.52. The van der Waals surface area contributed by atoms with E-state index in [2.05, 4.69) is 26.6 Å². The van der Waals surface area contributed by atoms with Gasteiger partial charge in [0.15, 0.2) is 5.96 Å². The lowest BCUT2D eigenvalue weighted by Crippen LogP contribution is -2.49. The molecule has 1 saturated heterocycles. The van der Waals surface area contributed by atoms with Crippen LogP contribution in [0.1, 0.15) is 57.8 Å². The molecule has 0 aromatic heterocycles. The summed E-state index contributed by atoms with van der Waals surface area (Å²) in [5.41, 5.74) is 1.51. The molecule has 26 heavy (non-hydrogen) atoms. The Morgan fingerprint density at radius 3 is 2.69 bits per heavy atom. The monoisotopic (exact) mass is 362 g/mol. The smallest absolute Gasteiger partial charge is 0.191 e. The van der Waals surface area contributed by atoms with Crippen molar-refractivity contribution in [3.63, 3.8) is 0 Å². The van der Waals surface area contributed by atoms with Crippen LogP contribution in [0.3, 0.4) is 0 Å². The first-order valence-corrected chi connectivity index (χ1v) is 10.8. The number of hydrogen-bond donors (Lipinski definition) is 2. The van der Waals surface area contributed by atoms with Gasteiger partial charge in [-0.05, 0) is 44.4 Å². The summed E-state index contributed by atoms with van der Waals surface area (Å²) in [7, 11) is 1.88. The Balaban J connectivity index is 1.31. The highest BCUT2D eigenvalue weighted by Gasteiger charge is 2.23. The number of ether oxygens (including phenoxy) is 1. The van der Waals surface area contributed by atoms with Gasteiger partial charge in [-0.15, -0.1) is 0 Å². The van der Waals surface area contributed by atoms with E-state index in [1.54, 1.807) is 0 Å². The summed E-state index contributed by atoms with van der Waals surface area (Å²) in [6, 6.07) is 0.561. The van der Waals surface area contributed by atoms with Crippen LogP contribution in [0.4, 0.5) is 0 Å². The van der Waals surface area contributed by atoms with Gasteiger partial charge in [0, 0.05) is 39.3 Å². The van der Waals surface area contributed by atoms with Gasteiger partial charge >= 0.3 is 0 Å². The zero-order valence-corrected chi connectivity index (χ0v) is 16.6. The van der Waals surface area contributed by atoms with Crippen LogP contribution < -0.4 is 10.6 Å². The molecule has 2 aliphatic heterocycles. The Labute approximate surface area is 159 Å². The molecule has 2 fully saturated rings. The molecular weight excluding hydrogens is 324 g/mol. The molecule has 0 aromatic rings. The van der Waals surface area contributed by atoms with Crippen LogP contribution >= 0.6 is 0 Å². The lowest BCUT2D eigenvalue weighted by molar-refractivity contribution is 0.153. The lowest BCUT2D eigenvalue weighted by atomic mass is 9.88. The van der Waals surface area contributed by atoms with Crippen LogP contribution in [-0.2, 0) is 4.74 Å². The summed E-state index contributed by atoms with van der Waals surface area (Å²) < 4.78 is 5.37. The third kappa shape index (κ3) is 6.58. The highest BCUT2D eigenvalue weighted by Crippen LogP contribution is 2.25. The summed E-state index contributed by atoms with van der Waals surface area (Å²) in [6.07, 6.45) is 14.1. The molecule has 3 aliphatic rings. The Morgan fingerprint density at radius 2 is 2.00 bits per heavy atom. The fraction of sp³-hybridized carbons (Fsp3) is 0.857. The molecular formula is C21H38N4O. The van der Waals surface area contributed by atoms with Crippen LogP contribution in [0, 0.1) is 5.92 Å². The van der Waals surface area contributed by atoms with Gasteiger partial charge in [0.2, 0.25) is 0 Å². The first-order chi connectivity index (χ1) is 12.8. The molecule has 5 heteroatoms. The van der Waals surface area contributed by atoms with Gasteiger partial charge < -0.3 is 20.3 Å². The molecule has 3 rings (SSSR count). The predicted octanol–water partition coefficient (Wildman–Crippen LogP) is 2.93. The minimum atomic E-state index is 0.561. The number of likely N-dealkylation sites (tertiary alicyclic amines) is 1. The topological polar surface area (TPSA) is 48.9 Å². The first-order valence-electron chi connectivity index (χ1n) is 10.8. The molecule has 1 saturated carbocycles. The average molecular weight is 363 g/mol. The van der Waals surface area contributed by atoms with Crippen LogP contribution in [0.2, 0.25) is 0 Å². The van der Waals surface area contributed by atoms with E-state index in [9.17, 15) is 0 Å². The van der Waals surface area contributed by atoms with E-state index in [0.29, 0.717) is 6.04 Å². The van der Waals surface area contributed by atoms with Crippen molar-refractivity contribution < 1.29 is 4.74 Å².